The average molecular weight is 266 g/mol. The van der Waals surface area contributed by atoms with Crippen LogP contribution in [-0.4, -0.2) is 18.4 Å². The third-order valence-corrected chi connectivity index (χ3v) is 3.91. The van der Waals surface area contributed by atoms with Crippen molar-refractivity contribution < 1.29 is 8.42 Å². The van der Waals surface area contributed by atoms with Gasteiger partial charge in [-0.1, -0.05) is 6.07 Å². The molecule has 2 rings (SSSR count). The number of anilines is 2. The minimum atomic E-state index is -3.65. The molecule has 6 nitrogen and oxygen atoms in total. The fraction of sp³-hybridized carbons (Fsp3) is 0.182. The third kappa shape index (κ3) is 2.30. The molecule has 4 N–H and O–H groups in total. The van der Waals surface area contributed by atoms with Crippen LogP contribution in [-0.2, 0) is 10.0 Å². The molecule has 0 aliphatic rings. The smallest absolute Gasteiger partial charge is 0.278 e. The van der Waals surface area contributed by atoms with Gasteiger partial charge >= 0.3 is 0 Å². The van der Waals surface area contributed by atoms with E-state index in [0.29, 0.717) is 11.4 Å². The van der Waals surface area contributed by atoms with Gasteiger partial charge in [0.25, 0.3) is 10.0 Å². The molecule has 0 bridgehead atoms. The monoisotopic (exact) mass is 266 g/mol. The van der Waals surface area contributed by atoms with Crippen LogP contribution in [0.2, 0.25) is 0 Å². The van der Waals surface area contributed by atoms with Crippen LogP contribution >= 0.6 is 0 Å². The van der Waals surface area contributed by atoms with E-state index in [-0.39, 0.29) is 5.03 Å². The maximum Gasteiger partial charge on any atom is 0.278 e. The van der Waals surface area contributed by atoms with Crippen LogP contribution in [0.25, 0.3) is 0 Å². The SMILES string of the molecule is Cc1cc(C)c(NS(=O)(=O)c2cnc[nH]2)cc1N. The number of rotatable bonds is 3. The van der Waals surface area contributed by atoms with Gasteiger partial charge in [0.1, 0.15) is 0 Å². The Balaban J connectivity index is 2.39. The van der Waals surface area contributed by atoms with Crippen molar-refractivity contribution in [3.63, 3.8) is 0 Å². The summed E-state index contributed by atoms with van der Waals surface area (Å²) in [4.78, 5) is 6.24. The van der Waals surface area contributed by atoms with Gasteiger partial charge in [0, 0.05) is 5.69 Å². The Labute approximate surface area is 105 Å². The first-order chi connectivity index (χ1) is 8.40. The summed E-state index contributed by atoms with van der Waals surface area (Å²) in [6.07, 6.45) is 2.56. The van der Waals surface area contributed by atoms with Crippen LogP contribution in [0.15, 0.2) is 29.7 Å². The second-order valence-electron chi connectivity index (χ2n) is 4.05. The summed E-state index contributed by atoms with van der Waals surface area (Å²) in [5.74, 6) is 0. The highest BCUT2D eigenvalue weighted by Crippen LogP contribution is 2.24. The van der Waals surface area contributed by atoms with Gasteiger partial charge in [-0.3, -0.25) is 4.72 Å². The number of H-pyrrole nitrogens is 1. The van der Waals surface area contributed by atoms with Crippen molar-refractivity contribution in [3.8, 4) is 0 Å². The second-order valence-corrected chi connectivity index (χ2v) is 5.70. The van der Waals surface area contributed by atoms with Gasteiger partial charge in [-0.2, -0.15) is 8.42 Å². The molecule has 2 aromatic rings. The lowest BCUT2D eigenvalue weighted by atomic mass is 10.1. The number of nitrogens with zero attached hydrogens (tertiary/aromatic N) is 1. The Bertz CT molecular complexity index is 663. The number of aromatic nitrogens is 2. The van der Waals surface area contributed by atoms with Crippen molar-refractivity contribution in [1.82, 2.24) is 9.97 Å². The van der Waals surface area contributed by atoms with Crippen LogP contribution in [0.4, 0.5) is 11.4 Å². The third-order valence-electron chi connectivity index (χ3n) is 2.62. The molecule has 0 radical (unpaired) electrons. The lowest BCUT2D eigenvalue weighted by Crippen LogP contribution is -2.14. The van der Waals surface area contributed by atoms with E-state index in [1.54, 1.807) is 6.07 Å². The molecule has 0 saturated carbocycles. The zero-order chi connectivity index (χ0) is 13.3. The number of sulfonamides is 1. The Morgan fingerprint density at radius 2 is 2.00 bits per heavy atom. The number of aromatic amines is 1. The minimum Gasteiger partial charge on any atom is -0.398 e. The van der Waals surface area contributed by atoms with Gasteiger partial charge in [0.2, 0.25) is 0 Å². The van der Waals surface area contributed by atoms with Crippen molar-refractivity contribution in [2.75, 3.05) is 10.5 Å². The summed E-state index contributed by atoms with van der Waals surface area (Å²) in [5, 5.41) is 0.0149. The van der Waals surface area contributed by atoms with E-state index in [4.69, 9.17) is 5.73 Å². The summed E-state index contributed by atoms with van der Waals surface area (Å²) in [6.45, 7) is 3.69. The number of benzene rings is 1. The standard InChI is InChI=1S/C11H14N4O2S/c1-7-3-8(2)10(4-9(7)12)15-18(16,17)11-5-13-6-14-11/h3-6,15H,12H2,1-2H3,(H,13,14). The summed E-state index contributed by atoms with van der Waals surface area (Å²) in [5.41, 5.74) is 8.51. The van der Waals surface area contributed by atoms with Crippen LogP contribution < -0.4 is 10.5 Å². The lowest BCUT2D eigenvalue weighted by molar-refractivity contribution is 0.598. The fourth-order valence-corrected chi connectivity index (χ4v) is 2.60. The maximum atomic E-state index is 12.0. The second kappa shape index (κ2) is 4.34. The van der Waals surface area contributed by atoms with Crippen LogP contribution in [0.1, 0.15) is 11.1 Å². The van der Waals surface area contributed by atoms with E-state index in [0.717, 1.165) is 11.1 Å². The quantitative estimate of drug-likeness (QED) is 0.731. The number of hydrogen-bond acceptors (Lipinski definition) is 4. The normalized spacial score (nSPS) is 11.4. The van der Waals surface area contributed by atoms with Gasteiger partial charge in [-0.15, -0.1) is 0 Å². The highest BCUT2D eigenvalue weighted by Gasteiger charge is 2.17. The largest absolute Gasteiger partial charge is 0.398 e. The summed E-state index contributed by atoms with van der Waals surface area (Å²) >= 11 is 0. The van der Waals surface area contributed by atoms with E-state index < -0.39 is 10.0 Å². The predicted octanol–water partition coefficient (Wildman–Crippen LogP) is 1.41. The highest BCUT2D eigenvalue weighted by atomic mass is 32.2. The van der Waals surface area contributed by atoms with Gasteiger partial charge < -0.3 is 10.7 Å². The molecule has 0 unspecified atom stereocenters. The van der Waals surface area contributed by atoms with Crippen LogP contribution in [0.3, 0.4) is 0 Å². The average Bonchev–Trinajstić information content (AvgIpc) is 2.79. The van der Waals surface area contributed by atoms with E-state index >= 15 is 0 Å². The number of nitrogen functional groups attached to an aromatic ring is 1. The number of aryl methyl sites for hydroxylation is 2. The summed E-state index contributed by atoms with van der Waals surface area (Å²) in [6, 6.07) is 3.44. The number of nitrogens with two attached hydrogens (primary N) is 1. The summed E-state index contributed by atoms with van der Waals surface area (Å²) < 4.78 is 26.5. The van der Waals surface area contributed by atoms with Gasteiger partial charge in [0.05, 0.1) is 18.2 Å². The van der Waals surface area contributed by atoms with Crippen molar-refractivity contribution in [1.29, 1.82) is 0 Å². The molecule has 1 aromatic heterocycles. The van der Waals surface area contributed by atoms with Crippen LogP contribution in [0.5, 0.6) is 0 Å². The van der Waals surface area contributed by atoms with Gasteiger partial charge in [-0.25, -0.2) is 4.98 Å². The molecule has 0 aliphatic carbocycles. The molecule has 1 heterocycles. The van der Waals surface area contributed by atoms with Crippen molar-refractivity contribution in [2.24, 2.45) is 0 Å². The maximum absolute atomic E-state index is 12.0. The molecular formula is C11H14N4O2S. The first kappa shape index (κ1) is 12.4. The Morgan fingerprint density at radius 3 is 2.61 bits per heavy atom. The highest BCUT2D eigenvalue weighted by molar-refractivity contribution is 7.92. The molecule has 1 aromatic carbocycles. The predicted molar refractivity (Wildman–Crippen MR) is 69.7 cm³/mol. The zero-order valence-corrected chi connectivity index (χ0v) is 10.9. The zero-order valence-electron chi connectivity index (χ0n) is 10.1. The minimum absolute atomic E-state index is 0.0149. The molecule has 0 saturated heterocycles. The van der Waals surface area contributed by atoms with E-state index in [9.17, 15) is 8.42 Å². The van der Waals surface area contributed by atoms with Crippen molar-refractivity contribution >= 4 is 21.4 Å². The number of imidazole rings is 1. The van der Waals surface area contributed by atoms with Gasteiger partial charge in [0.15, 0.2) is 5.03 Å². The topological polar surface area (TPSA) is 101 Å². The van der Waals surface area contributed by atoms with Crippen molar-refractivity contribution in [3.05, 3.63) is 35.8 Å². The molecule has 7 heteroatoms. The first-order valence-corrected chi connectivity index (χ1v) is 6.76. The molecule has 0 spiro atoms. The fourth-order valence-electron chi connectivity index (χ4n) is 1.57. The number of hydrogen-bond donors (Lipinski definition) is 3. The first-order valence-electron chi connectivity index (χ1n) is 5.28. The lowest BCUT2D eigenvalue weighted by Gasteiger charge is -2.11. The van der Waals surface area contributed by atoms with Crippen molar-refractivity contribution in [2.45, 2.75) is 18.9 Å². The molecule has 0 atom stereocenters. The Morgan fingerprint density at radius 1 is 1.28 bits per heavy atom. The van der Waals surface area contributed by atoms with E-state index in [1.807, 2.05) is 19.9 Å². The summed E-state index contributed by atoms with van der Waals surface area (Å²) in [7, 11) is -3.65. The molecule has 18 heavy (non-hydrogen) atoms. The molecular weight excluding hydrogens is 252 g/mol. The van der Waals surface area contributed by atoms with Crippen LogP contribution in [0, 0.1) is 13.8 Å². The van der Waals surface area contributed by atoms with E-state index in [1.165, 1.54) is 12.5 Å². The van der Waals surface area contributed by atoms with Gasteiger partial charge in [-0.05, 0) is 31.0 Å². The molecule has 0 fully saturated rings. The Hall–Kier alpha value is -2.02. The molecule has 0 amide bonds. The van der Waals surface area contributed by atoms with E-state index in [2.05, 4.69) is 14.7 Å². The number of nitrogens with one attached hydrogen (secondary N) is 2. The Kier molecular flexibility index (Phi) is 3.00. The molecule has 96 valence electrons. The molecule has 0 aliphatic heterocycles.